The summed E-state index contributed by atoms with van der Waals surface area (Å²) in [6.07, 6.45) is 2.99. The van der Waals surface area contributed by atoms with Crippen LogP contribution < -0.4 is 14.8 Å². The maximum absolute atomic E-state index is 13.1. The fourth-order valence-electron chi connectivity index (χ4n) is 3.16. The fourth-order valence-corrected chi connectivity index (χ4v) is 3.16. The van der Waals surface area contributed by atoms with Gasteiger partial charge in [-0.3, -0.25) is 4.79 Å². The summed E-state index contributed by atoms with van der Waals surface area (Å²) in [5.41, 5.74) is 0.675. The molecule has 24 heavy (non-hydrogen) atoms. The molecule has 2 rings (SSSR count). The Kier molecular flexibility index (Phi) is 7.37. The maximum atomic E-state index is 13.1. The van der Waals surface area contributed by atoms with Crippen molar-refractivity contribution in [1.29, 1.82) is 0 Å². The van der Waals surface area contributed by atoms with E-state index >= 15 is 0 Å². The maximum Gasteiger partial charge on any atom is 0.254 e. The van der Waals surface area contributed by atoms with Crippen molar-refractivity contribution in [1.82, 2.24) is 10.2 Å². The van der Waals surface area contributed by atoms with Crippen molar-refractivity contribution in [2.75, 3.05) is 32.8 Å². The minimum atomic E-state index is 0.0905. The summed E-state index contributed by atoms with van der Waals surface area (Å²) >= 11 is 0. The number of carbonyl (C=O) groups is 1. The Balaban J connectivity index is 2.22. The second-order valence-electron chi connectivity index (χ2n) is 6.01. The molecule has 1 fully saturated rings. The van der Waals surface area contributed by atoms with Gasteiger partial charge >= 0.3 is 0 Å². The van der Waals surface area contributed by atoms with Crippen LogP contribution in [0.5, 0.6) is 11.5 Å². The van der Waals surface area contributed by atoms with E-state index in [4.69, 9.17) is 9.47 Å². The third-order valence-electron chi connectivity index (χ3n) is 4.27. The van der Waals surface area contributed by atoms with E-state index in [-0.39, 0.29) is 5.91 Å². The smallest absolute Gasteiger partial charge is 0.254 e. The molecule has 1 aromatic carbocycles. The Morgan fingerprint density at radius 1 is 1.12 bits per heavy atom. The molecule has 1 aliphatic rings. The van der Waals surface area contributed by atoms with E-state index in [9.17, 15) is 4.79 Å². The van der Waals surface area contributed by atoms with E-state index in [0.717, 1.165) is 38.9 Å². The second kappa shape index (κ2) is 9.52. The van der Waals surface area contributed by atoms with Gasteiger partial charge in [-0.2, -0.15) is 0 Å². The molecule has 0 spiro atoms. The Morgan fingerprint density at radius 3 is 2.42 bits per heavy atom. The summed E-state index contributed by atoms with van der Waals surface area (Å²) in [6.45, 7) is 9.86. The van der Waals surface area contributed by atoms with Gasteiger partial charge in [0.1, 0.15) is 0 Å². The molecule has 1 N–H and O–H groups in total. The lowest BCUT2D eigenvalue weighted by atomic mass is 10.0. The number of nitrogens with one attached hydrogen (secondary N) is 1. The van der Waals surface area contributed by atoms with E-state index in [1.54, 1.807) is 0 Å². The van der Waals surface area contributed by atoms with E-state index < -0.39 is 0 Å². The molecule has 5 heteroatoms. The number of amides is 1. The summed E-state index contributed by atoms with van der Waals surface area (Å²) in [4.78, 5) is 15.1. The van der Waals surface area contributed by atoms with Crippen LogP contribution in [0.4, 0.5) is 0 Å². The summed E-state index contributed by atoms with van der Waals surface area (Å²) in [6, 6.07) is 5.83. The number of piperidine rings is 1. The van der Waals surface area contributed by atoms with Crippen LogP contribution in [0.1, 0.15) is 50.4 Å². The first-order chi connectivity index (χ1) is 11.7. The first kappa shape index (κ1) is 18.6. The van der Waals surface area contributed by atoms with Gasteiger partial charge < -0.3 is 19.7 Å². The molecule has 0 atom stereocenters. The van der Waals surface area contributed by atoms with Crippen LogP contribution in [-0.2, 0) is 0 Å². The van der Waals surface area contributed by atoms with Crippen molar-refractivity contribution >= 4 is 5.91 Å². The highest BCUT2D eigenvalue weighted by Crippen LogP contribution is 2.29. The largest absolute Gasteiger partial charge is 0.490 e. The van der Waals surface area contributed by atoms with Crippen molar-refractivity contribution < 1.29 is 14.3 Å². The van der Waals surface area contributed by atoms with Crippen molar-refractivity contribution in [3.05, 3.63) is 23.8 Å². The SMILES string of the molecule is CCCN(C(=O)c1ccc(OCC)c(OCC)c1)C1CCNCC1. The van der Waals surface area contributed by atoms with Gasteiger partial charge in [0.25, 0.3) is 5.91 Å². The van der Waals surface area contributed by atoms with Crippen molar-refractivity contribution in [2.45, 2.75) is 46.1 Å². The lowest BCUT2D eigenvalue weighted by Crippen LogP contribution is -2.46. The molecule has 0 bridgehead atoms. The van der Waals surface area contributed by atoms with Crippen LogP contribution in [-0.4, -0.2) is 49.7 Å². The molecule has 0 radical (unpaired) electrons. The van der Waals surface area contributed by atoms with Gasteiger partial charge in [-0.25, -0.2) is 0 Å². The third kappa shape index (κ3) is 4.63. The Bertz CT molecular complexity index is 527. The number of benzene rings is 1. The van der Waals surface area contributed by atoms with E-state index in [0.29, 0.717) is 36.3 Å². The molecule has 0 aliphatic carbocycles. The summed E-state index contributed by atoms with van der Waals surface area (Å²) < 4.78 is 11.3. The third-order valence-corrected chi connectivity index (χ3v) is 4.27. The topological polar surface area (TPSA) is 50.8 Å². The second-order valence-corrected chi connectivity index (χ2v) is 6.01. The fraction of sp³-hybridized carbons (Fsp3) is 0.632. The molecule has 1 aliphatic heterocycles. The molecule has 0 saturated carbocycles. The minimum Gasteiger partial charge on any atom is -0.490 e. The molecule has 1 amide bonds. The van der Waals surface area contributed by atoms with Gasteiger partial charge in [-0.15, -0.1) is 0 Å². The highest BCUT2D eigenvalue weighted by atomic mass is 16.5. The summed E-state index contributed by atoms with van der Waals surface area (Å²) in [5, 5.41) is 3.36. The summed E-state index contributed by atoms with van der Waals surface area (Å²) in [7, 11) is 0. The zero-order chi connectivity index (χ0) is 17.4. The number of hydrogen-bond donors (Lipinski definition) is 1. The van der Waals surface area contributed by atoms with Crippen molar-refractivity contribution in [2.24, 2.45) is 0 Å². The normalized spacial score (nSPS) is 15.1. The van der Waals surface area contributed by atoms with Crippen LogP contribution in [0.15, 0.2) is 18.2 Å². The molecular formula is C19H30N2O3. The molecule has 5 nitrogen and oxygen atoms in total. The number of hydrogen-bond acceptors (Lipinski definition) is 4. The minimum absolute atomic E-state index is 0.0905. The first-order valence-electron chi connectivity index (χ1n) is 9.12. The Morgan fingerprint density at radius 2 is 1.79 bits per heavy atom. The van der Waals surface area contributed by atoms with E-state index in [1.165, 1.54) is 0 Å². The Hall–Kier alpha value is -1.75. The lowest BCUT2D eigenvalue weighted by molar-refractivity contribution is 0.0642. The zero-order valence-electron chi connectivity index (χ0n) is 15.1. The molecule has 1 saturated heterocycles. The lowest BCUT2D eigenvalue weighted by Gasteiger charge is -2.34. The predicted octanol–water partition coefficient (Wildman–Crippen LogP) is 3.09. The molecule has 1 heterocycles. The van der Waals surface area contributed by atoms with Crippen molar-refractivity contribution in [3.63, 3.8) is 0 Å². The molecular weight excluding hydrogens is 304 g/mol. The molecule has 1 aromatic rings. The summed E-state index contributed by atoms with van der Waals surface area (Å²) in [5.74, 6) is 1.43. The van der Waals surface area contributed by atoms with Crippen LogP contribution in [0.3, 0.4) is 0 Å². The van der Waals surface area contributed by atoms with Crippen molar-refractivity contribution in [3.8, 4) is 11.5 Å². The number of nitrogens with zero attached hydrogens (tertiary/aromatic N) is 1. The zero-order valence-corrected chi connectivity index (χ0v) is 15.1. The van der Waals surface area contributed by atoms with Gasteiger partial charge in [-0.05, 0) is 64.4 Å². The number of carbonyl (C=O) groups excluding carboxylic acids is 1. The van der Waals surface area contributed by atoms with Gasteiger partial charge in [0, 0.05) is 18.2 Å². The standard InChI is InChI=1S/C19H30N2O3/c1-4-13-21(16-9-11-20-12-10-16)19(22)15-7-8-17(23-5-2)18(14-15)24-6-3/h7-8,14,16,20H,4-6,9-13H2,1-3H3. The van der Waals surface area contributed by atoms with Gasteiger partial charge in [0.2, 0.25) is 0 Å². The highest BCUT2D eigenvalue weighted by molar-refractivity contribution is 5.95. The molecule has 134 valence electrons. The highest BCUT2D eigenvalue weighted by Gasteiger charge is 2.26. The average Bonchev–Trinajstić information content (AvgIpc) is 2.62. The van der Waals surface area contributed by atoms with Gasteiger partial charge in [0.05, 0.1) is 13.2 Å². The number of rotatable bonds is 8. The predicted molar refractivity (Wildman–Crippen MR) is 96.0 cm³/mol. The monoisotopic (exact) mass is 334 g/mol. The quantitative estimate of drug-likeness (QED) is 0.794. The first-order valence-corrected chi connectivity index (χ1v) is 9.12. The van der Waals surface area contributed by atoms with Gasteiger partial charge in [-0.1, -0.05) is 6.92 Å². The Labute approximate surface area is 145 Å². The molecule has 0 unspecified atom stereocenters. The van der Waals surface area contributed by atoms with Crippen LogP contribution in [0.25, 0.3) is 0 Å². The average molecular weight is 334 g/mol. The molecule has 0 aromatic heterocycles. The van der Waals surface area contributed by atoms with Crippen LogP contribution >= 0.6 is 0 Å². The van der Waals surface area contributed by atoms with Crippen LogP contribution in [0, 0.1) is 0 Å². The van der Waals surface area contributed by atoms with Crippen LogP contribution in [0.2, 0.25) is 0 Å². The number of ether oxygens (including phenoxy) is 2. The van der Waals surface area contributed by atoms with E-state index in [1.807, 2.05) is 36.9 Å². The van der Waals surface area contributed by atoms with E-state index in [2.05, 4.69) is 12.2 Å². The van der Waals surface area contributed by atoms with Gasteiger partial charge in [0.15, 0.2) is 11.5 Å².